The number of unbranched alkanes of at least 4 members (excludes halogenated alkanes) is 1. The standard InChI is InChI=1S/C11H19N3/c1-5-7-8-14-11(13(4)6-2)9-10(3)12-14/h6,9H,2,5,7-8H2,1,3-4H3. The summed E-state index contributed by atoms with van der Waals surface area (Å²) in [6.07, 6.45) is 4.16. The van der Waals surface area contributed by atoms with Crippen molar-refractivity contribution in [1.82, 2.24) is 9.78 Å². The number of aryl methyl sites for hydroxylation is 2. The molecule has 0 unspecified atom stereocenters. The van der Waals surface area contributed by atoms with Gasteiger partial charge in [0.1, 0.15) is 5.82 Å². The molecule has 0 atom stereocenters. The lowest BCUT2D eigenvalue weighted by Crippen LogP contribution is -2.14. The molecular formula is C11H19N3. The van der Waals surface area contributed by atoms with E-state index in [1.165, 1.54) is 12.8 Å². The van der Waals surface area contributed by atoms with Crippen molar-refractivity contribution in [3.05, 3.63) is 24.5 Å². The molecule has 0 N–H and O–H groups in total. The predicted octanol–water partition coefficient (Wildman–Crippen LogP) is 2.57. The monoisotopic (exact) mass is 193 g/mol. The molecule has 0 aliphatic heterocycles. The third-order valence-electron chi connectivity index (χ3n) is 2.24. The van der Waals surface area contributed by atoms with Crippen LogP contribution in [0, 0.1) is 6.92 Å². The van der Waals surface area contributed by atoms with Crippen molar-refractivity contribution in [2.45, 2.75) is 33.2 Å². The van der Waals surface area contributed by atoms with E-state index in [0.29, 0.717) is 0 Å². The Balaban J connectivity index is 2.84. The Bertz CT molecular complexity index is 301. The maximum absolute atomic E-state index is 4.44. The molecule has 3 nitrogen and oxygen atoms in total. The highest BCUT2D eigenvalue weighted by Crippen LogP contribution is 2.15. The molecule has 0 fully saturated rings. The molecule has 78 valence electrons. The van der Waals surface area contributed by atoms with Gasteiger partial charge in [0.05, 0.1) is 5.69 Å². The summed E-state index contributed by atoms with van der Waals surface area (Å²) >= 11 is 0. The van der Waals surface area contributed by atoms with Gasteiger partial charge in [-0.15, -0.1) is 0 Å². The van der Waals surface area contributed by atoms with Gasteiger partial charge in [0, 0.05) is 19.7 Å². The van der Waals surface area contributed by atoms with Crippen LogP contribution >= 0.6 is 0 Å². The zero-order chi connectivity index (χ0) is 10.6. The van der Waals surface area contributed by atoms with E-state index in [0.717, 1.165) is 18.1 Å². The van der Waals surface area contributed by atoms with E-state index in [4.69, 9.17) is 0 Å². The third-order valence-corrected chi connectivity index (χ3v) is 2.24. The topological polar surface area (TPSA) is 21.1 Å². The van der Waals surface area contributed by atoms with Crippen molar-refractivity contribution in [2.24, 2.45) is 0 Å². The van der Waals surface area contributed by atoms with Crippen LogP contribution in [-0.4, -0.2) is 16.8 Å². The van der Waals surface area contributed by atoms with Crippen LogP contribution in [-0.2, 0) is 6.54 Å². The summed E-state index contributed by atoms with van der Waals surface area (Å²) in [4.78, 5) is 2.00. The van der Waals surface area contributed by atoms with Gasteiger partial charge in [-0.3, -0.25) is 0 Å². The first-order valence-electron chi connectivity index (χ1n) is 5.09. The Labute approximate surface area is 86.0 Å². The minimum absolute atomic E-state index is 0.984. The molecule has 1 heterocycles. The molecule has 0 bridgehead atoms. The van der Waals surface area contributed by atoms with Gasteiger partial charge >= 0.3 is 0 Å². The van der Waals surface area contributed by atoms with Crippen molar-refractivity contribution in [3.63, 3.8) is 0 Å². The zero-order valence-electron chi connectivity index (χ0n) is 9.32. The molecule has 0 amide bonds. The molecule has 0 saturated carbocycles. The van der Waals surface area contributed by atoms with E-state index in [2.05, 4.69) is 24.7 Å². The lowest BCUT2D eigenvalue weighted by Gasteiger charge is -2.14. The molecule has 0 spiro atoms. The van der Waals surface area contributed by atoms with Gasteiger partial charge in [0.2, 0.25) is 0 Å². The number of hydrogen-bond acceptors (Lipinski definition) is 2. The normalized spacial score (nSPS) is 10.2. The SMILES string of the molecule is C=CN(C)c1cc(C)nn1CCCC. The molecule has 14 heavy (non-hydrogen) atoms. The third kappa shape index (κ3) is 2.37. The molecule has 3 heteroatoms. The van der Waals surface area contributed by atoms with Gasteiger partial charge in [-0.25, -0.2) is 4.68 Å². The van der Waals surface area contributed by atoms with Crippen molar-refractivity contribution in [3.8, 4) is 0 Å². The van der Waals surface area contributed by atoms with E-state index in [1.807, 2.05) is 23.6 Å². The Hall–Kier alpha value is -1.25. The average molecular weight is 193 g/mol. The van der Waals surface area contributed by atoms with Crippen molar-refractivity contribution >= 4 is 5.82 Å². The van der Waals surface area contributed by atoms with Crippen molar-refractivity contribution in [1.29, 1.82) is 0 Å². The van der Waals surface area contributed by atoms with Crippen LogP contribution in [0.3, 0.4) is 0 Å². The Morgan fingerprint density at radius 3 is 2.93 bits per heavy atom. The van der Waals surface area contributed by atoms with Crippen LogP contribution in [0.2, 0.25) is 0 Å². The first-order valence-corrected chi connectivity index (χ1v) is 5.09. The van der Waals surface area contributed by atoms with Gasteiger partial charge in [-0.2, -0.15) is 5.10 Å². The van der Waals surface area contributed by atoms with Crippen molar-refractivity contribution < 1.29 is 0 Å². The van der Waals surface area contributed by atoms with Gasteiger partial charge in [-0.1, -0.05) is 19.9 Å². The highest BCUT2D eigenvalue weighted by atomic mass is 15.4. The number of rotatable bonds is 5. The number of aromatic nitrogens is 2. The summed E-state index contributed by atoms with van der Waals surface area (Å²) in [5, 5.41) is 4.44. The summed E-state index contributed by atoms with van der Waals surface area (Å²) < 4.78 is 2.04. The molecular weight excluding hydrogens is 174 g/mol. The van der Waals surface area contributed by atoms with Gasteiger partial charge < -0.3 is 4.90 Å². The van der Waals surface area contributed by atoms with E-state index in [-0.39, 0.29) is 0 Å². The van der Waals surface area contributed by atoms with Gasteiger partial charge in [-0.05, 0) is 19.5 Å². The molecule has 1 aromatic heterocycles. The summed E-state index contributed by atoms with van der Waals surface area (Å²) in [5.41, 5.74) is 1.06. The number of anilines is 1. The van der Waals surface area contributed by atoms with Crippen LogP contribution in [0.1, 0.15) is 25.5 Å². The Morgan fingerprint density at radius 2 is 2.36 bits per heavy atom. The smallest absolute Gasteiger partial charge is 0.130 e. The van der Waals surface area contributed by atoms with Crippen LogP contribution < -0.4 is 4.90 Å². The quantitative estimate of drug-likeness (QED) is 0.716. The molecule has 0 radical (unpaired) electrons. The Morgan fingerprint density at radius 1 is 1.64 bits per heavy atom. The molecule has 0 aliphatic carbocycles. The fourth-order valence-corrected chi connectivity index (χ4v) is 1.38. The summed E-state index contributed by atoms with van der Waals surface area (Å²) in [7, 11) is 1.99. The predicted molar refractivity (Wildman–Crippen MR) is 60.5 cm³/mol. The zero-order valence-corrected chi connectivity index (χ0v) is 9.32. The van der Waals surface area contributed by atoms with Crippen LogP contribution in [0.25, 0.3) is 0 Å². The van der Waals surface area contributed by atoms with Crippen LogP contribution in [0.5, 0.6) is 0 Å². The van der Waals surface area contributed by atoms with E-state index in [1.54, 1.807) is 6.20 Å². The second-order valence-corrected chi connectivity index (χ2v) is 3.51. The summed E-state index contributed by atoms with van der Waals surface area (Å²) in [6.45, 7) is 8.94. The summed E-state index contributed by atoms with van der Waals surface area (Å²) in [6, 6.07) is 2.08. The minimum atomic E-state index is 0.984. The first kappa shape index (κ1) is 10.8. The lowest BCUT2D eigenvalue weighted by atomic mass is 10.3. The lowest BCUT2D eigenvalue weighted by molar-refractivity contribution is 0.569. The highest BCUT2D eigenvalue weighted by molar-refractivity contribution is 5.42. The molecule has 1 aromatic rings. The molecule has 0 aliphatic rings. The first-order chi connectivity index (χ1) is 6.69. The average Bonchev–Trinajstić information content (AvgIpc) is 2.55. The fraction of sp³-hybridized carbons (Fsp3) is 0.545. The largest absolute Gasteiger partial charge is 0.337 e. The second-order valence-electron chi connectivity index (χ2n) is 3.51. The van der Waals surface area contributed by atoms with Crippen molar-refractivity contribution in [2.75, 3.05) is 11.9 Å². The molecule has 0 aromatic carbocycles. The van der Waals surface area contributed by atoms with Crippen LogP contribution in [0.4, 0.5) is 5.82 Å². The maximum atomic E-state index is 4.44. The second kappa shape index (κ2) is 4.84. The number of nitrogens with zero attached hydrogens (tertiary/aromatic N) is 3. The van der Waals surface area contributed by atoms with E-state index < -0.39 is 0 Å². The van der Waals surface area contributed by atoms with Gasteiger partial charge in [0.15, 0.2) is 0 Å². The minimum Gasteiger partial charge on any atom is -0.337 e. The maximum Gasteiger partial charge on any atom is 0.130 e. The van der Waals surface area contributed by atoms with Crippen LogP contribution in [0.15, 0.2) is 18.8 Å². The highest BCUT2D eigenvalue weighted by Gasteiger charge is 2.06. The molecule has 1 rings (SSSR count). The fourth-order valence-electron chi connectivity index (χ4n) is 1.38. The number of hydrogen-bond donors (Lipinski definition) is 0. The molecule has 0 saturated heterocycles. The Kier molecular flexibility index (Phi) is 3.74. The summed E-state index contributed by atoms with van der Waals surface area (Å²) in [5.74, 6) is 1.12. The van der Waals surface area contributed by atoms with E-state index >= 15 is 0 Å². The van der Waals surface area contributed by atoms with Gasteiger partial charge in [0.25, 0.3) is 0 Å². The van der Waals surface area contributed by atoms with E-state index in [9.17, 15) is 0 Å².